The van der Waals surface area contributed by atoms with E-state index in [9.17, 15) is 0 Å². The first-order chi connectivity index (χ1) is 12.8. The number of ether oxygens (including phenoxy) is 1. The lowest BCUT2D eigenvalue weighted by atomic mass is 10.2. The topological polar surface area (TPSA) is 77.5 Å². The van der Waals surface area contributed by atoms with Crippen molar-refractivity contribution < 1.29 is 9.15 Å². The molecule has 7 heteroatoms. The van der Waals surface area contributed by atoms with E-state index in [1.54, 1.807) is 17.9 Å². The number of hydrogen-bond acceptors (Lipinski definition) is 6. The van der Waals surface area contributed by atoms with Crippen molar-refractivity contribution in [2.45, 2.75) is 19.3 Å². The minimum absolute atomic E-state index is 0.528. The first kappa shape index (κ1) is 14.9. The third-order valence-electron chi connectivity index (χ3n) is 4.59. The van der Waals surface area contributed by atoms with E-state index in [0.717, 1.165) is 42.2 Å². The van der Waals surface area contributed by atoms with E-state index in [4.69, 9.17) is 14.1 Å². The van der Waals surface area contributed by atoms with Crippen LogP contribution in [0.15, 0.2) is 47.1 Å². The molecule has 0 radical (unpaired) electrons. The van der Waals surface area contributed by atoms with Gasteiger partial charge in [-0.2, -0.15) is 9.50 Å². The maximum absolute atomic E-state index is 5.44. The smallest absolute Gasteiger partial charge is 0.255 e. The Morgan fingerprint density at radius 2 is 2.12 bits per heavy atom. The molecule has 26 heavy (non-hydrogen) atoms. The van der Waals surface area contributed by atoms with Crippen LogP contribution in [0.4, 0.5) is 11.5 Å². The summed E-state index contributed by atoms with van der Waals surface area (Å²) in [6.07, 6.45) is 4.64. The van der Waals surface area contributed by atoms with E-state index >= 15 is 0 Å². The van der Waals surface area contributed by atoms with Crippen LogP contribution in [0.2, 0.25) is 0 Å². The monoisotopic (exact) mass is 347 g/mol. The minimum atomic E-state index is 0.528. The standard InChI is InChI=1S/C19H17N5O2/c1-25-13-6-2-5-12(11-13)20-18-14-7-3-8-15(14)21-19-22-17(23-24(18)19)16-9-4-10-26-16/h2,4-6,9-11,20H,3,7-8H2,1H3. The van der Waals surface area contributed by atoms with Crippen molar-refractivity contribution in [3.05, 3.63) is 53.9 Å². The molecule has 3 heterocycles. The first-order valence-electron chi connectivity index (χ1n) is 8.55. The highest BCUT2D eigenvalue weighted by Gasteiger charge is 2.23. The molecule has 0 unspecified atom stereocenters. The number of aryl methyl sites for hydroxylation is 1. The van der Waals surface area contributed by atoms with Crippen molar-refractivity contribution >= 4 is 17.3 Å². The van der Waals surface area contributed by atoms with Gasteiger partial charge in [-0.15, -0.1) is 5.10 Å². The van der Waals surface area contributed by atoms with E-state index in [1.807, 2.05) is 36.4 Å². The second-order valence-electron chi connectivity index (χ2n) is 6.22. The Balaban J connectivity index is 1.66. The molecule has 1 aliphatic rings. The summed E-state index contributed by atoms with van der Waals surface area (Å²) in [4.78, 5) is 9.26. The zero-order chi connectivity index (χ0) is 17.5. The Hall–Kier alpha value is -3.35. The molecule has 130 valence electrons. The second-order valence-corrected chi connectivity index (χ2v) is 6.22. The number of aromatic nitrogens is 4. The van der Waals surface area contributed by atoms with Crippen molar-refractivity contribution in [1.82, 2.24) is 19.6 Å². The lowest BCUT2D eigenvalue weighted by Crippen LogP contribution is -2.07. The molecule has 3 aromatic heterocycles. The van der Waals surface area contributed by atoms with Gasteiger partial charge in [0.15, 0.2) is 5.76 Å². The highest BCUT2D eigenvalue weighted by molar-refractivity contribution is 5.66. The van der Waals surface area contributed by atoms with Gasteiger partial charge in [0.2, 0.25) is 5.82 Å². The Morgan fingerprint density at radius 3 is 2.96 bits per heavy atom. The summed E-state index contributed by atoms with van der Waals surface area (Å²) >= 11 is 0. The summed E-state index contributed by atoms with van der Waals surface area (Å²) in [6.45, 7) is 0. The van der Waals surface area contributed by atoms with Crippen LogP contribution < -0.4 is 10.1 Å². The van der Waals surface area contributed by atoms with Crippen LogP contribution in [0.5, 0.6) is 5.75 Å². The maximum atomic E-state index is 5.44. The van der Waals surface area contributed by atoms with Crippen molar-refractivity contribution in [1.29, 1.82) is 0 Å². The molecule has 1 aliphatic carbocycles. The Bertz CT molecular complexity index is 1080. The number of nitrogens with one attached hydrogen (secondary N) is 1. The SMILES string of the molecule is COc1cccc(Nc2c3c(nc4nc(-c5ccco5)nn24)CCC3)c1. The molecule has 1 aromatic carbocycles. The molecular weight excluding hydrogens is 330 g/mol. The molecule has 7 nitrogen and oxygen atoms in total. The molecule has 4 aromatic rings. The summed E-state index contributed by atoms with van der Waals surface area (Å²) in [5, 5.41) is 8.12. The molecule has 0 fully saturated rings. The minimum Gasteiger partial charge on any atom is -0.497 e. The number of methoxy groups -OCH3 is 1. The first-order valence-corrected chi connectivity index (χ1v) is 8.55. The summed E-state index contributed by atoms with van der Waals surface area (Å²) in [5.74, 6) is 3.43. The van der Waals surface area contributed by atoms with Crippen LogP contribution >= 0.6 is 0 Å². The molecule has 1 N–H and O–H groups in total. The molecule has 0 aliphatic heterocycles. The van der Waals surface area contributed by atoms with Crippen molar-refractivity contribution in [2.24, 2.45) is 0 Å². The fourth-order valence-corrected chi connectivity index (χ4v) is 3.36. The van der Waals surface area contributed by atoms with Crippen LogP contribution in [0.3, 0.4) is 0 Å². The summed E-state index contributed by atoms with van der Waals surface area (Å²) in [7, 11) is 1.66. The van der Waals surface area contributed by atoms with Crippen molar-refractivity contribution in [3.63, 3.8) is 0 Å². The summed E-state index contributed by atoms with van der Waals surface area (Å²) in [5.41, 5.74) is 3.21. The van der Waals surface area contributed by atoms with Crippen LogP contribution in [0.1, 0.15) is 17.7 Å². The van der Waals surface area contributed by atoms with E-state index in [-0.39, 0.29) is 0 Å². The molecule has 0 saturated carbocycles. The molecule has 0 atom stereocenters. The molecule has 0 spiro atoms. The van der Waals surface area contributed by atoms with Gasteiger partial charge in [0, 0.05) is 17.3 Å². The third-order valence-corrected chi connectivity index (χ3v) is 4.59. The summed E-state index contributed by atoms with van der Waals surface area (Å²) in [6, 6.07) is 11.5. The average molecular weight is 347 g/mol. The van der Waals surface area contributed by atoms with E-state index < -0.39 is 0 Å². The molecule has 5 rings (SSSR count). The van der Waals surface area contributed by atoms with Gasteiger partial charge in [-0.25, -0.2) is 4.98 Å². The molecule has 0 amide bonds. The largest absolute Gasteiger partial charge is 0.497 e. The Kier molecular flexibility index (Phi) is 3.38. The number of fused-ring (bicyclic) bond motifs is 2. The van der Waals surface area contributed by atoms with Gasteiger partial charge < -0.3 is 14.5 Å². The number of anilines is 2. The number of benzene rings is 1. The molecular formula is C19H17N5O2. The number of hydrogen-bond donors (Lipinski definition) is 1. The average Bonchev–Trinajstić information content (AvgIpc) is 3.41. The summed E-state index contributed by atoms with van der Waals surface area (Å²) < 4.78 is 12.5. The predicted octanol–water partition coefficient (Wildman–Crippen LogP) is 3.63. The lowest BCUT2D eigenvalue weighted by Gasteiger charge is -2.13. The van der Waals surface area contributed by atoms with Gasteiger partial charge in [0.1, 0.15) is 11.6 Å². The van der Waals surface area contributed by atoms with Crippen LogP contribution in [0, 0.1) is 0 Å². The van der Waals surface area contributed by atoms with Gasteiger partial charge in [-0.3, -0.25) is 0 Å². The maximum Gasteiger partial charge on any atom is 0.255 e. The van der Waals surface area contributed by atoms with E-state index in [0.29, 0.717) is 17.4 Å². The Morgan fingerprint density at radius 1 is 1.15 bits per heavy atom. The van der Waals surface area contributed by atoms with E-state index in [2.05, 4.69) is 15.4 Å². The lowest BCUT2D eigenvalue weighted by molar-refractivity contribution is 0.415. The van der Waals surface area contributed by atoms with Gasteiger partial charge in [-0.1, -0.05) is 6.07 Å². The highest BCUT2D eigenvalue weighted by atomic mass is 16.5. The highest BCUT2D eigenvalue weighted by Crippen LogP contribution is 2.32. The van der Waals surface area contributed by atoms with Gasteiger partial charge in [0.25, 0.3) is 5.78 Å². The van der Waals surface area contributed by atoms with Crippen LogP contribution in [0.25, 0.3) is 17.4 Å². The van der Waals surface area contributed by atoms with Crippen molar-refractivity contribution in [3.8, 4) is 17.3 Å². The van der Waals surface area contributed by atoms with Crippen LogP contribution in [-0.2, 0) is 12.8 Å². The normalized spacial score (nSPS) is 13.1. The fourth-order valence-electron chi connectivity index (χ4n) is 3.36. The van der Waals surface area contributed by atoms with E-state index in [1.165, 1.54) is 5.56 Å². The molecule has 0 saturated heterocycles. The quantitative estimate of drug-likeness (QED) is 0.607. The second kappa shape index (κ2) is 5.87. The number of furan rings is 1. The van der Waals surface area contributed by atoms with Gasteiger partial charge in [-0.05, 0) is 43.5 Å². The third kappa shape index (κ3) is 2.40. The number of rotatable bonds is 4. The number of nitrogens with zero attached hydrogens (tertiary/aromatic N) is 4. The van der Waals surface area contributed by atoms with Gasteiger partial charge in [0.05, 0.1) is 19.1 Å². The zero-order valence-electron chi connectivity index (χ0n) is 14.3. The predicted molar refractivity (Wildman–Crippen MR) is 96.8 cm³/mol. The van der Waals surface area contributed by atoms with Crippen molar-refractivity contribution in [2.75, 3.05) is 12.4 Å². The molecule has 0 bridgehead atoms. The van der Waals surface area contributed by atoms with Crippen LogP contribution in [-0.4, -0.2) is 26.7 Å². The fraction of sp³-hybridized carbons (Fsp3) is 0.211. The van der Waals surface area contributed by atoms with Gasteiger partial charge >= 0.3 is 0 Å². The zero-order valence-corrected chi connectivity index (χ0v) is 14.3. The Labute approximate surface area is 149 Å².